The van der Waals surface area contributed by atoms with Crippen molar-refractivity contribution in [3.8, 4) is 22.9 Å². The van der Waals surface area contributed by atoms with Crippen LogP contribution < -0.4 is 9.47 Å². The maximum atomic E-state index is 14.6. The number of benzene rings is 4. The van der Waals surface area contributed by atoms with Crippen molar-refractivity contribution in [3.63, 3.8) is 0 Å². The van der Waals surface area contributed by atoms with Crippen molar-refractivity contribution < 1.29 is 55.4 Å². The summed E-state index contributed by atoms with van der Waals surface area (Å²) in [5, 5.41) is 9.29. The number of halogens is 4. The monoisotopic (exact) mass is 1280 g/mol. The smallest absolute Gasteiger partial charge is 0.242 e. The van der Waals surface area contributed by atoms with Gasteiger partial charge in [0.25, 0.3) is 0 Å². The third kappa shape index (κ3) is 12.9. The first kappa shape index (κ1) is 68.2. The summed E-state index contributed by atoms with van der Waals surface area (Å²) >= 11 is 0. The lowest BCUT2D eigenvalue weighted by Gasteiger charge is -2.56. The molecule has 13 rings (SSSR count). The summed E-state index contributed by atoms with van der Waals surface area (Å²) in [6.45, 7) is 19.3. The van der Waals surface area contributed by atoms with Crippen molar-refractivity contribution in [2.75, 3.05) is 41.5 Å². The number of oxime groups is 2. The molecular formula is C71H88F4N8O8Si. The number of methoxy groups -OCH3 is 4. The molecule has 3 aliphatic carbocycles. The number of aryl methyl sites for hydroxylation is 2. The van der Waals surface area contributed by atoms with Crippen LogP contribution in [0.25, 0.3) is 17.5 Å². The standard InChI is InChI=1S/C33H36F2N4O4.C28H28F2N4O2.C8H16O2Si.2CH4/c1-5-33(22-7-8-25(34)26(35)13-22)39-18-31(10-11-31)17-32(30(39)37-43-33)24(14-23(40)15-29(32)42-4)21-6-9-27(28(12-21)41-3)38-16-20(2)36-19-38;1-4-28(21-6-7-22(29)23(30)13-21)34-16-27(9-10-27)14-20(26(34)32-36-28)11-19-5-8-24(25(12-19)35-3)33-15-18(2)31-17-33;1-8(6-7-9-2)10-11(3,4)5;;/h6-9,12-13,16,19,24,29H,5,10-11,14-15,17-18H2,1-4H3;5-8,11-13,15,17H,4,9-10,14,16H2,1-3H3;6-7H,1H2,2-5H3;2*1H4/b;20-11+;7-6+;;. The SMILES string of the molecule is C.C.C=C(/C=C/OC)O[Si](C)(C)C.CCC1(c2ccc(F)c(F)c2)ON=C2/C(=C/c3ccc(-n4cnc(C)c4)c(OC)c3)CC3(CC3)CN21.CCC1(c2ccc(F)c(F)c2)ON=C2N1CC1(CC1)CC21C(OC)CC(=O)CC1c1ccc(-n2cnc(C)c2)c(OC)c1. The van der Waals surface area contributed by atoms with Crippen molar-refractivity contribution in [1.82, 2.24) is 28.9 Å². The number of imidazole rings is 2. The van der Waals surface area contributed by atoms with Crippen molar-refractivity contribution in [2.24, 2.45) is 26.6 Å². The number of hydrogen-bond donors (Lipinski definition) is 0. The average molecular weight is 1290 g/mol. The highest BCUT2D eigenvalue weighted by atomic mass is 28.4. The van der Waals surface area contributed by atoms with Gasteiger partial charge in [0, 0.05) is 81.4 Å². The van der Waals surface area contributed by atoms with Gasteiger partial charge >= 0.3 is 0 Å². The summed E-state index contributed by atoms with van der Waals surface area (Å²) in [5.41, 5.74) is 5.06. The molecule has 4 aromatic carbocycles. The largest absolute Gasteiger partial charge is 0.545 e. The van der Waals surface area contributed by atoms with Gasteiger partial charge < -0.3 is 52.0 Å². The van der Waals surface area contributed by atoms with E-state index in [0.717, 1.165) is 108 Å². The van der Waals surface area contributed by atoms with Crippen LogP contribution in [0, 0.1) is 53.4 Å². The van der Waals surface area contributed by atoms with Gasteiger partial charge in [-0.15, -0.1) is 0 Å². The summed E-state index contributed by atoms with van der Waals surface area (Å²) in [6.07, 6.45) is 20.0. The van der Waals surface area contributed by atoms with Gasteiger partial charge in [-0.2, -0.15) is 0 Å². The van der Waals surface area contributed by atoms with E-state index in [1.165, 1.54) is 12.1 Å². The first-order valence-corrected chi connectivity index (χ1v) is 34.1. The number of ketones is 1. The number of piperidine rings is 2. The fourth-order valence-electron chi connectivity index (χ4n) is 14.0. The number of amidine groups is 2. The fourth-order valence-corrected chi connectivity index (χ4v) is 14.9. The lowest BCUT2D eigenvalue weighted by Crippen LogP contribution is -2.64. The molecule has 492 valence electrons. The minimum Gasteiger partial charge on any atom is -0.545 e. The second-order valence-corrected chi connectivity index (χ2v) is 30.4. The topological polar surface area (TPSA) is 149 Å². The van der Waals surface area contributed by atoms with E-state index >= 15 is 0 Å². The predicted molar refractivity (Wildman–Crippen MR) is 351 cm³/mol. The van der Waals surface area contributed by atoms with Crippen LogP contribution in [-0.2, 0) is 39.8 Å². The lowest BCUT2D eigenvalue weighted by molar-refractivity contribution is -0.138. The minimum atomic E-state index is -1.48. The molecule has 6 heterocycles. The first-order chi connectivity index (χ1) is 43.0. The Hall–Kier alpha value is -8.17. The molecule has 2 aromatic heterocycles. The molecule has 92 heavy (non-hydrogen) atoms. The molecule has 4 aliphatic heterocycles. The molecule has 0 amide bonds. The molecule has 6 aromatic rings. The molecule has 21 heteroatoms. The van der Waals surface area contributed by atoms with E-state index in [2.05, 4.69) is 69.4 Å². The number of carbonyl (C=O) groups excluding carboxylic acids is 1. The second-order valence-electron chi connectivity index (χ2n) is 25.9. The van der Waals surface area contributed by atoms with Crippen molar-refractivity contribution in [2.45, 2.75) is 150 Å². The Labute approximate surface area is 539 Å². The van der Waals surface area contributed by atoms with Crippen LogP contribution in [-0.4, -0.2) is 102 Å². The molecule has 0 radical (unpaired) electrons. The highest BCUT2D eigenvalue weighted by Gasteiger charge is 2.69. The average Bonchev–Trinajstić information content (AvgIpc) is 1.61. The molecule has 0 bridgehead atoms. The Kier molecular flexibility index (Phi) is 19.6. The first-order valence-electron chi connectivity index (χ1n) is 30.7. The maximum absolute atomic E-state index is 14.6. The summed E-state index contributed by atoms with van der Waals surface area (Å²) in [6, 6.07) is 20.1. The van der Waals surface area contributed by atoms with Crippen LogP contribution in [0.1, 0.15) is 132 Å². The van der Waals surface area contributed by atoms with Crippen LogP contribution in [0.2, 0.25) is 19.6 Å². The van der Waals surface area contributed by atoms with Crippen molar-refractivity contribution >= 4 is 31.8 Å². The van der Waals surface area contributed by atoms with E-state index in [-0.39, 0.29) is 43.8 Å². The van der Waals surface area contributed by atoms with E-state index in [1.807, 2.05) is 73.5 Å². The van der Waals surface area contributed by atoms with E-state index in [4.69, 9.17) is 38.2 Å². The van der Waals surface area contributed by atoms with E-state index in [1.54, 1.807) is 65.6 Å². The lowest BCUT2D eigenvalue weighted by atomic mass is 9.55. The fraction of sp³-hybridized carbons (Fsp3) is 0.451. The van der Waals surface area contributed by atoms with Gasteiger partial charge in [-0.25, -0.2) is 27.5 Å². The number of hydrogen-bond acceptors (Lipinski definition) is 14. The van der Waals surface area contributed by atoms with Gasteiger partial charge in [-0.3, -0.25) is 4.79 Å². The van der Waals surface area contributed by atoms with Crippen molar-refractivity contribution in [3.05, 3.63) is 185 Å². The third-order valence-corrected chi connectivity index (χ3v) is 19.6. The van der Waals surface area contributed by atoms with E-state index < -0.39 is 54.6 Å². The summed E-state index contributed by atoms with van der Waals surface area (Å²) in [5.74, 6) is -0.177. The van der Waals surface area contributed by atoms with Crippen LogP contribution >= 0.6 is 0 Å². The Bertz CT molecular complexity index is 3850. The van der Waals surface area contributed by atoms with Gasteiger partial charge in [-0.05, 0) is 166 Å². The normalized spacial score (nSPS) is 23.9. The summed E-state index contributed by atoms with van der Waals surface area (Å²) < 4.78 is 88.4. The van der Waals surface area contributed by atoms with Gasteiger partial charge in [0.2, 0.25) is 19.8 Å². The Morgan fingerprint density at radius 3 is 1.77 bits per heavy atom. The number of carbonyl (C=O) groups is 1. The number of Topliss-reactive ketones (excluding diaryl/α,β-unsaturated/α-hetero) is 1. The number of aromatic nitrogens is 4. The zero-order valence-electron chi connectivity index (χ0n) is 53.2. The van der Waals surface area contributed by atoms with E-state index in [9.17, 15) is 22.4 Å². The molecule has 3 saturated carbocycles. The Balaban J connectivity index is 0.000000186. The van der Waals surface area contributed by atoms with Crippen LogP contribution in [0.4, 0.5) is 17.6 Å². The quantitative estimate of drug-likeness (QED) is 0.0417. The third-order valence-electron chi connectivity index (χ3n) is 18.8. The van der Waals surface area contributed by atoms with E-state index in [0.29, 0.717) is 54.3 Å². The molecule has 16 nitrogen and oxygen atoms in total. The molecule has 0 N–H and O–H groups in total. The Morgan fingerprint density at radius 2 is 1.26 bits per heavy atom. The second kappa shape index (κ2) is 26.4. The van der Waals surface area contributed by atoms with Crippen LogP contribution in [0.3, 0.4) is 0 Å². The molecule has 7 aliphatic rings. The number of ether oxygens (including phenoxy) is 4. The number of nitrogens with zero attached hydrogens (tertiary/aromatic N) is 8. The zero-order valence-corrected chi connectivity index (χ0v) is 54.2. The molecule has 2 saturated heterocycles. The highest BCUT2D eigenvalue weighted by molar-refractivity contribution is 6.70. The molecule has 3 spiro atoms. The Morgan fingerprint density at radius 1 is 0.707 bits per heavy atom. The van der Waals surface area contributed by atoms with Gasteiger partial charge in [0.1, 0.15) is 17.3 Å². The number of rotatable bonds is 15. The molecule has 5 fully saturated rings. The van der Waals surface area contributed by atoms with Crippen LogP contribution in [0.15, 0.2) is 138 Å². The molecule has 5 unspecified atom stereocenters. The zero-order chi connectivity index (χ0) is 64.1. The highest BCUT2D eigenvalue weighted by Crippen LogP contribution is 2.67. The van der Waals surface area contributed by atoms with Gasteiger partial charge in [0.05, 0.1) is 80.3 Å². The predicted octanol–water partition coefficient (Wildman–Crippen LogP) is 15.7. The molecular weight excluding hydrogens is 1200 g/mol. The maximum Gasteiger partial charge on any atom is 0.242 e. The van der Waals surface area contributed by atoms with Gasteiger partial charge in [-0.1, -0.05) is 57.7 Å². The summed E-state index contributed by atoms with van der Waals surface area (Å²) in [4.78, 5) is 38.8. The van der Waals surface area contributed by atoms with Crippen molar-refractivity contribution in [1.29, 1.82) is 0 Å². The molecule has 5 atom stereocenters. The number of fused-ring (bicyclic) bond motifs is 3. The van der Waals surface area contributed by atoms with Gasteiger partial charge in [0.15, 0.2) is 34.9 Å². The minimum absolute atomic E-state index is 0. The van der Waals surface area contributed by atoms with Crippen LogP contribution in [0.5, 0.6) is 11.5 Å². The number of allylic oxidation sites excluding steroid dienone is 1. The summed E-state index contributed by atoms with van der Waals surface area (Å²) in [7, 11) is 5.08.